The van der Waals surface area contributed by atoms with Crippen molar-refractivity contribution in [2.24, 2.45) is 0 Å². The fraction of sp³-hybridized carbons (Fsp3) is 0.845. The Morgan fingerprint density at radius 1 is 0.315 bits per heavy atom. The number of carbonyl (C=O) groups excluding carboxylic acids is 3. The first kappa shape index (κ1) is 86.5. The molecule has 5 atom stereocenters. The van der Waals surface area contributed by atoms with Crippen LogP contribution in [0.2, 0.25) is 0 Å². The molecule has 16 nitrogen and oxygen atoms in total. The zero-order valence-electron chi connectivity index (χ0n) is 56.6. The fourth-order valence-corrected chi connectivity index (χ4v) is 11.6. The van der Waals surface area contributed by atoms with E-state index >= 15 is 0 Å². The van der Waals surface area contributed by atoms with Crippen LogP contribution in [0.3, 0.4) is 0 Å². The molecule has 0 aliphatic heterocycles. The zero-order chi connectivity index (χ0) is 65.3. The van der Waals surface area contributed by atoms with Crippen LogP contribution in [-0.4, -0.2) is 95.9 Å². The summed E-state index contributed by atoms with van der Waals surface area (Å²) in [7, 11) is -9.76. The van der Waals surface area contributed by atoms with Crippen molar-refractivity contribution < 1.29 is 75.8 Å². The first-order valence-electron chi connectivity index (χ1n) is 35.9. The number of hydrogen-bond donors (Lipinski definition) is 4. The number of ether oxygens (including phenoxy) is 3. The van der Waals surface area contributed by atoms with E-state index in [-0.39, 0.29) is 19.3 Å². The lowest BCUT2D eigenvalue weighted by atomic mass is 10.0. The van der Waals surface area contributed by atoms with Crippen molar-refractivity contribution in [3.63, 3.8) is 0 Å². The number of esters is 3. The molecule has 89 heavy (non-hydrogen) atoms. The van der Waals surface area contributed by atoms with Crippen LogP contribution >= 0.6 is 15.6 Å². The number of phosphoric acid groups is 2. The predicted molar refractivity (Wildman–Crippen MR) is 362 cm³/mol. The van der Waals surface area contributed by atoms with Crippen LogP contribution in [0.5, 0.6) is 0 Å². The Morgan fingerprint density at radius 3 is 0.910 bits per heavy atom. The van der Waals surface area contributed by atoms with Gasteiger partial charge in [0.1, 0.15) is 25.4 Å². The van der Waals surface area contributed by atoms with Crippen molar-refractivity contribution in [3.8, 4) is 0 Å². The minimum absolute atomic E-state index is 0.113. The molecule has 0 spiro atoms. The molecule has 0 aliphatic carbocycles. The number of unbranched alkanes of at least 4 members (excludes halogenated alkanes) is 38. The summed E-state index contributed by atoms with van der Waals surface area (Å²) in [6, 6.07) is 0. The molecular weight excluding hydrogens is 1170 g/mol. The summed E-state index contributed by atoms with van der Waals surface area (Å²) in [5, 5.41) is 20.6. The van der Waals surface area contributed by atoms with Crippen molar-refractivity contribution in [2.45, 2.75) is 347 Å². The quantitative estimate of drug-likeness (QED) is 0.0146. The van der Waals surface area contributed by atoms with E-state index in [2.05, 4.69) is 69.4 Å². The third-order valence-corrected chi connectivity index (χ3v) is 17.5. The van der Waals surface area contributed by atoms with E-state index in [9.17, 15) is 43.5 Å². The van der Waals surface area contributed by atoms with Crippen LogP contribution in [-0.2, 0) is 55.8 Å². The number of aliphatic hydroxyl groups is 2. The number of rotatable bonds is 69. The summed E-state index contributed by atoms with van der Waals surface area (Å²) in [4.78, 5) is 58.4. The molecule has 0 rings (SSSR count). The van der Waals surface area contributed by atoms with Crippen LogP contribution in [0, 0.1) is 0 Å². The molecule has 0 aromatic carbocycles. The van der Waals surface area contributed by atoms with Crippen molar-refractivity contribution in [1.29, 1.82) is 0 Å². The third kappa shape index (κ3) is 66.8. The average molecular weight is 1300 g/mol. The molecule has 4 N–H and O–H groups in total. The van der Waals surface area contributed by atoms with Crippen molar-refractivity contribution in [1.82, 2.24) is 0 Å². The SMILES string of the molecule is CCCCC/C=C\C/C=C\C/C=C\C/C=C\CCCCCCCCCC(=O)OCC(O)COP(=O)(O)OCC(O)COP(=O)(O)OCC(COC(=O)CCCCCCCCCCCCCCCCC)OC(=O)CCCCCCCCCCCCCCCCC. The van der Waals surface area contributed by atoms with Gasteiger partial charge in [0, 0.05) is 19.3 Å². The zero-order valence-corrected chi connectivity index (χ0v) is 58.4. The van der Waals surface area contributed by atoms with Gasteiger partial charge in [0.25, 0.3) is 0 Å². The van der Waals surface area contributed by atoms with E-state index in [1.807, 2.05) is 0 Å². The second kappa shape index (κ2) is 65.6. The normalized spacial score (nSPS) is 14.5. The highest BCUT2D eigenvalue weighted by molar-refractivity contribution is 7.47. The summed E-state index contributed by atoms with van der Waals surface area (Å²) in [6.45, 7) is 2.70. The van der Waals surface area contributed by atoms with Crippen molar-refractivity contribution >= 4 is 33.6 Å². The highest BCUT2D eigenvalue weighted by Gasteiger charge is 2.29. The highest BCUT2D eigenvalue weighted by Crippen LogP contribution is 2.45. The summed E-state index contributed by atoms with van der Waals surface area (Å²) < 4.78 is 61.0. The minimum Gasteiger partial charge on any atom is -0.463 e. The first-order valence-corrected chi connectivity index (χ1v) is 38.9. The molecule has 0 amide bonds. The van der Waals surface area contributed by atoms with Crippen LogP contribution < -0.4 is 0 Å². The molecular formula is C71H132O16P2. The van der Waals surface area contributed by atoms with E-state index in [0.29, 0.717) is 19.3 Å². The minimum atomic E-state index is -4.91. The summed E-state index contributed by atoms with van der Waals surface area (Å²) in [5.74, 6) is -1.56. The van der Waals surface area contributed by atoms with Gasteiger partial charge in [-0.2, -0.15) is 0 Å². The van der Waals surface area contributed by atoms with Gasteiger partial charge in [0.15, 0.2) is 6.10 Å². The van der Waals surface area contributed by atoms with Gasteiger partial charge in [-0.3, -0.25) is 32.5 Å². The van der Waals surface area contributed by atoms with Gasteiger partial charge in [0.2, 0.25) is 0 Å². The topological polar surface area (TPSA) is 231 Å². The molecule has 0 heterocycles. The lowest BCUT2D eigenvalue weighted by Gasteiger charge is -2.21. The Hall–Kier alpha value is -2.49. The third-order valence-electron chi connectivity index (χ3n) is 15.6. The van der Waals surface area contributed by atoms with Gasteiger partial charge in [-0.15, -0.1) is 0 Å². The Morgan fingerprint density at radius 2 is 0.562 bits per heavy atom. The molecule has 0 aliphatic rings. The highest BCUT2D eigenvalue weighted by atomic mass is 31.2. The molecule has 0 radical (unpaired) electrons. The van der Waals surface area contributed by atoms with Gasteiger partial charge >= 0.3 is 33.6 Å². The van der Waals surface area contributed by atoms with E-state index in [4.69, 9.17) is 32.3 Å². The van der Waals surface area contributed by atoms with Crippen molar-refractivity contribution in [3.05, 3.63) is 48.6 Å². The molecule has 522 valence electrons. The molecule has 0 saturated carbocycles. The standard InChI is InChI=1S/C71H132O16P2/c1-4-7-10-13-16-19-22-25-28-29-30-31-32-33-34-35-38-40-42-45-48-51-54-57-69(74)81-60-66(72)61-83-88(77,78)84-62-67(73)63-85-89(79,80)86-65-68(87-71(76)59-56-53-50-47-44-41-37-27-24-21-18-15-12-9-6-3)64-82-70(75)58-55-52-49-46-43-39-36-26-23-20-17-14-11-8-5-2/h16,19,25,28,30-31,33-34,66-68,72-73H,4-15,17-18,20-24,26-27,29,32,35-65H2,1-3H3,(H,77,78)(H,79,80)/b19-16-,28-25-,31-30-,34-33-. The molecule has 0 aromatic rings. The number of aliphatic hydroxyl groups excluding tert-OH is 2. The second-order valence-corrected chi connectivity index (χ2v) is 27.3. The first-order chi connectivity index (χ1) is 43.2. The Balaban J connectivity index is 4.56. The maximum absolute atomic E-state index is 12.9. The van der Waals surface area contributed by atoms with Gasteiger partial charge < -0.3 is 34.2 Å². The molecule has 18 heteroatoms. The Bertz CT molecular complexity index is 1830. The van der Waals surface area contributed by atoms with Crippen LogP contribution in [0.15, 0.2) is 48.6 Å². The number of allylic oxidation sites excluding steroid dienone is 8. The van der Waals surface area contributed by atoms with E-state index in [0.717, 1.165) is 109 Å². The number of carbonyl (C=O) groups is 3. The van der Waals surface area contributed by atoms with Crippen molar-refractivity contribution in [2.75, 3.05) is 39.6 Å². The maximum Gasteiger partial charge on any atom is 0.472 e. The molecule has 0 fully saturated rings. The lowest BCUT2D eigenvalue weighted by Crippen LogP contribution is -2.30. The summed E-state index contributed by atoms with van der Waals surface area (Å²) >= 11 is 0. The van der Waals surface area contributed by atoms with Crippen LogP contribution in [0.4, 0.5) is 0 Å². The largest absolute Gasteiger partial charge is 0.472 e. The second-order valence-electron chi connectivity index (χ2n) is 24.4. The summed E-state index contributed by atoms with van der Waals surface area (Å²) in [5.41, 5.74) is 0. The van der Waals surface area contributed by atoms with E-state index in [1.165, 1.54) is 161 Å². The predicted octanol–water partition coefficient (Wildman–Crippen LogP) is 20.0. The van der Waals surface area contributed by atoms with E-state index < -0.39 is 91.5 Å². The van der Waals surface area contributed by atoms with Gasteiger partial charge in [-0.05, 0) is 64.2 Å². The smallest absolute Gasteiger partial charge is 0.463 e. The fourth-order valence-electron chi connectivity index (χ4n) is 10.0. The monoisotopic (exact) mass is 1300 g/mol. The lowest BCUT2D eigenvalue weighted by molar-refractivity contribution is -0.161. The average Bonchev–Trinajstić information content (AvgIpc) is 3.65. The van der Waals surface area contributed by atoms with Gasteiger partial charge in [-0.25, -0.2) is 9.13 Å². The van der Waals surface area contributed by atoms with Gasteiger partial charge in [0.05, 0.1) is 26.4 Å². The molecule has 5 unspecified atom stereocenters. The Kier molecular flexibility index (Phi) is 63.7. The van der Waals surface area contributed by atoms with Gasteiger partial charge in [-0.1, -0.05) is 294 Å². The number of phosphoric ester groups is 2. The maximum atomic E-state index is 12.9. The summed E-state index contributed by atoms with van der Waals surface area (Å²) in [6.07, 6.45) is 65.8. The Labute approximate surface area is 542 Å². The molecule has 0 aromatic heterocycles. The van der Waals surface area contributed by atoms with Crippen LogP contribution in [0.1, 0.15) is 329 Å². The van der Waals surface area contributed by atoms with Crippen LogP contribution in [0.25, 0.3) is 0 Å². The molecule has 0 bridgehead atoms. The number of hydrogen-bond acceptors (Lipinski definition) is 14. The van der Waals surface area contributed by atoms with E-state index in [1.54, 1.807) is 0 Å². The molecule has 0 saturated heterocycles.